The van der Waals surface area contributed by atoms with Gasteiger partial charge in [0.05, 0.1) is 25.3 Å². The highest BCUT2D eigenvalue weighted by atomic mass is 16.5. The average molecular weight is 296 g/mol. The highest BCUT2D eigenvalue weighted by Gasteiger charge is 2.31. The molecule has 0 aromatic heterocycles. The molecule has 21 heavy (non-hydrogen) atoms. The fraction of sp³-hybridized carbons (Fsp3) is 0.867. The van der Waals surface area contributed by atoms with Crippen molar-refractivity contribution >= 4 is 5.91 Å². The minimum absolute atomic E-state index is 0.0672. The number of nitriles is 1. The standard InChI is InChI=1S/C15H28N4O2/c1-12(2)15(3,11-16)17-14(20)10-19-6-7-21-13(9-19)8-18(4)5/h12-13H,6-10H2,1-5H3,(H,17,20)/t13-,15+/m1/s1. The number of nitrogens with one attached hydrogen (secondary N) is 1. The van der Waals surface area contributed by atoms with E-state index < -0.39 is 5.54 Å². The summed E-state index contributed by atoms with van der Waals surface area (Å²) in [5, 5.41) is 12.1. The molecule has 0 spiro atoms. The molecule has 0 aliphatic carbocycles. The van der Waals surface area contributed by atoms with Gasteiger partial charge in [0.15, 0.2) is 0 Å². The van der Waals surface area contributed by atoms with Gasteiger partial charge >= 0.3 is 0 Å². The van der Waals surface area contributed by atoms with Gasteiger partial charge in [-0.05, 0) is 26.9 Å². The Morgan fingerprint density at radius 1 is 1.57 bits per heavy atom. The van der Waals surface area contributed by atoms with Crippen LogP contribution in [0.1, 0.15) is 20.8 Å². The summed E-state index contributed by atoms with van der Waals surface area (Å²) in [4.78, 5) is 16.3. The zero-order valence-corrected chi connectivity index (χ0v) is 13.8. The van der Waals surface area contributed by atoms with Gasteiger partial charge in [0.1, 0.15) is 5.54 Å². The Morgan fingerprint density at radius 2 is 2.24 bits per heavy atom. The first-order chi connectivity index (χ1) is 9.76. The van der Waals surface area contributed by atoms with Crippen molar-refractivity contribution in [1.29, 1.82) is 5.26 Å². The maximum absolute atomic E-state index is 12.2. The molecule has 1 aliphatic heterocycles. The highest BCUT2D eigenvalue weighted by molar-refractivity contribution is 5.79. The lowest BCUT2D eigenvalue weighted by Gasteiger charge is -2.34. The quantitative estimate of drug-likeness (QED) is 0.764. The van der Waals surface area contributed by atoms with E-state index in [-0.39, 0.29) is 17.9 Å². The smallest absolute Gasteiger partial charge is 0.235 e. The van der Waals surface area contributed by atoms with Crippen molar-refractivity contribution < 1.29 is 9.53 Å². The third-order valence-corrected chi connectivity index (χ3v) is 3.94. The van der Waals surface area contributed by atoms with Gasteiger partial charge in [0.2, 0.25) is 5.91 Å². The number of carbonyl (C=O) groups excluding carboxylic acids is 1. The first-order valence-electron chi connectivity index (χ1n) is 7.47. The molecule has 6 heteroatoms. The second-order valence-corrected chi connectivity index (χ2v) is 6.51. The Labute approximate surface area is 128 Å². The van der Waals surface area contributed by atoms with Crippen LogP contribution in [0.25, 0.3) is 0 Å². The third-order valence-electron chi connectivity index (χ3n) is 3.94. The van der Waals surface area contributed by atoms with Gasteiger partial charge in [-0.2, -0.15) is 5.26 Å². The molecule has 0 aromatic carbocycles. The SMILES string of the molecule is CC(C)[C@](C)(C#N)NC(=O)CN1CCO[C@H](CN(C)C)C1. The van der Waals surface area contributed by atoms with Gasteiger partial charge in [-0.15, -0.1) is 0 Å². The van der Waals surface area contributed by atoms with Crippen LogP contribution in [-0.2, 0) is 9.53 Å². The second kappa shape index (κ2) is 7.74. The van der Waals surface area contributed by atoms with Crippen molar-refractivity contribution in [2.45, 2.75) is 32.4 Å². The lowest BCUT2D eigenvalue weighted by molar-refractivity contribution is -0.126. The van der Waals surface area contributed by atoms with E-state index in [1.165, 1.54) is 0 Å². The molecule has 0 unspecified atom stereocenters. The molecule has 1 aliphatic rings. The summed E-state index contributed by atoms with van der Waals surface area (Å²) < 4.78 is 5.69. The predicted octanol–water partition coefficient (Wildman–Crippen LogP) is 0.303. The summed E-state index contributed by atoms with van der Waals surface area (Å²) in [6.07, 6.45) is 0.133. The van der Waals surface area contributed by atoms with Crippen molar-refractivity contribution in [1.82, 2.24) is 15.1 Å². The molecular formula is C15H28N4O2. The van der Waals surface area contributed by atoms with Gasteiger partial charge in [0, 0.05) is 19.6 Å². The van der Waals surface area contributed by atoms with Crippen molar-refractivity contribution in [2.24, 2.45) is 5.92 Å². The minimum atomic E-state index is -0.813. The molecule has 2 atom stereocenters. The van der Waals surface area contributed by atoms with Crippen LogP contribution >= 0.6 is 0 Å². The van der Waals surface area contributed by atoms with Gasteiger partial charge in [-0.3, -0.25) is 9.69 Å². The maximum atomic E-state index is 12.2. The highest BCUT2D eigenvalue weighted by Crippen LogP contribution is 2.15. The van der Waals surface area contributed by atoms with Gasteiger partial charge in [0.25, 0.3) is 0 Å². The number of carbonyl (C=O) groups is 1. The maximum Gasteiger partial charge on any atom is 0.235 e. The van der Waals surface area contributed by atoms with Gasteiger partial charge in [-0.1, -0.05) is 13.8 Å². The molecule has 120 valence electrons. The molecule has 1 rings (SSSR count). The van der Waals surface area contributed by atoms with Crippen LogP contribution in [0, 0.1) is 17.2 Å². The molecule has 1 saturated heterocycles. The number of rotatable bonds is 6. The summed E-state index contributed by atoms with van der Waals surface area (Å²) in [7, 11) is 4.02. The zero-order valence-electron chi connectivity index (χ0n) is 13.8. The van der Waals surface area contributed by atoms with E-state index >= 15 is 0 Å². The molecule has 6 nitrogen and oxygen atoms in total. The monoisotopic (exact) mass is 296 g/mol. The Balaban J connectivity index is 2.49. The van der Waals surface area contributed by atoms with E-state index in [1.54, 1.807) is 6.92 Å². The molecule has 1 heterocycles. The van der Waals surface area contributed by atoms with Crippen LogP contribution < -0.4 is 5.32 Å². The first kappa shape index (κ1) is 17.9. The van der Waals surface area contributed by atoms with Crippen LogP contribution in [0.4, 0.5) is 0 Å². The molecule has 0 bridgehead atoms. The van der Waals surface area contributed by atoms with Crippen molar-refractivity contribution in [3.63, 3.8) is 0 Å². The predicted molar refractivity (Wildman–Crippen MR) is 81.7 cm³/mol. The van der Waals surface area contributed by atoms with Crippen LogP contribution in [-0.4, -0.2) is 74.2 Å². The first-order valence-corrected chi connectivity index (χ1v) is 7.47. The zero-order chi connectivity index (χ0) is 16.0. The van der Waals surface area contributed by atoms with Crippen LogP contribution in [0.15, 0.2) is 0 Å². The fourth-order valence-electron chi connectivity index (χ4n) is 2.28. The van der Waals surface area contributed by atoms with Crippen molar-refractivity contribution in [3.05, 3.63) is 0 Å². The Hall–Kier alpha value is -1.16. The second-order valence-electron chi connectivity index (χ2n) is 6.51. The molecule has 0 radical (unpaired) electrons. The summed E-state index contributed by atoms with van der Waals surface area (Å²) in [6.45, 7) is 8.95. The number of hydrogen-bond donors (Lipinski definition) is 1. The van der Waals surface area contributed by atoms with Crippen LogP contribution in [0.2, 0.25) is 0 Å². The topological polar surface area (TPSA) is 68.6 Å². The summed E-state index contributed by atoms with van der Waals surface area (Å²) in [6, 6.07) is 2.20. The third kappa shape index (κ3) is 5.62. The Kier molecular flexibility index (Phi) is 6.59. The van der Waals surface area contributed by atoms with E-state index in [9.17, 15) is 10.1 Å². The molecule has 0 aromatic rings. The van der Waals surface area contributed by atoms with E-state index in [4.69, 9.17) is 4.74 Å². The lowest BCUT2D eigenvalue weighted by atomic mass is 9.90. The lowest BCUT2D eigenvalue weighted by Crippen LogP contribution is -2.54. The average Bonchev–Trinajstić information content (AvgIpc) is 2.37. The largest absolute Gasteiger partial charge is 0.374 e. The normalized spacial score (nSPS) is 22.9. The summed E-state index contributed by atoms with van der Waals surface area (Å²) >= 11 is 0. The number of ether oxygens (including phenoxy) is 1. The van der Waals surface area contributed by atoms with Crippen molar-refractivity contribution in [3.8, 4) is 6.07 Å². The molecule has 1 fully saturated rings. The minimum Gasteiger partial charge on any atom is -0.374 e. The van der Waals surface area contributed by atoms with Crippen LogP contribution in [0.5, 0.6) is 0 Å². The summed E-state index contributed by atoms with van der Waals surface area (Å²) in [5.41, 5.74) is -0.813. The number of morpholine rings is 1. The Bertz CT molecular complexity index is 392. The number of hydrogen-bond acceptors (Lipinski definition) is 5. The van der Waals surface area contributed by atoms with Crippen molar-refractivity contribution in [2.75, 3.05) is 46.9 Å². The van der Waals surface area contributed by atoms with E-state index in [0.29, 0.717) is 13.2 Å². The molecular weight excluding hydrogens is 268 g/mol. The molecule has 0 saturated carbocycles. The Morgan fingerprint density at radius 3 is 2.76 bits per heavy atom. The molecule has 1 N–H and O–H groups in total. The van der Waals surface area contributed by atoms with E-state index in [1.807, 2.05) is 27.9 Å². The fourth-order valence-corrected chi connectivity index (χ4v) is 2.28. The van der Waals surface area contributed by atoms with E-state index in [2.05, 4.69) is 21.2 Å². The number of nitrogens with zero attached hydrogens (tertiary/aromatic N) is 3. The van der Waals surface area contributed by atoms with Gasteiger partial charge < -0.3 is 15.0 Å². The number of likely N-dealkylation sites (N-methyl/N-ethyl adjacent to an activating group) is 1. The van der Waals surface area contributed by atoms with Gasteiger partial charge in [-0.25, -0.2) is 0 Å². The summed E-state index contributed by atoms with van der Waals surface area (Å²) in [5.74, 6) is -0.0316. The molecule has 1 amide bonds. The van der Waals surface area contributed by atoms with Crippen LogP contribution in [0.3, 0.4) is 0 Å². The number of amides is 1. The van der Waals surface area contributed by atoms with E-state index in [0.717, 1.165) is 19.6 Å².